The van der Waals surface area contributed by atoms with Crippen LogP contribution in [-0.4, -0.2) is 0 Å². The van der Waals surface area contributed by atoms with Crippen molar-refractivity contribution in [1.82, 2.24) is 0 Å². The molecule has 9 rings (SSSR count). The standard InChI is InChI=1S/C52H37OP/c1-3-14-44(4-2)54(53,45-19-6-5-7-20-45)46-30-27-38(28-31-46)41-29-32-49-50(35-41)52(43-26-24-37-16-9-11-18-40(37)34-43)48-22-13-12-21-47(48)51(49)42-25-23-36-15-8-10-17-39(36)33-42/h3-35H,1-2H2/b44-14+. The molecule has 0 aliphatic rings. The third-order valence-electron chi connectivity index (χ3n) is 10.6. The summed E-state index contributed by atoms with van der Waals surface area (Å²) in [6, 6.07) is 64.3. The number of hydrogen-bond donors (Lipinski definition) is 0. The lowest BCUT2D eigenvalue weighted by Gasteiger charge is -2.21. The molecule has 1 atom stereocenters. The van der Waals surface area contributed by atoms with E-state index in [9.17, 15) is 0 Å². The molecule has 0 aliphatic carbocycles. The Morgan fingerprint density at radius 1 is 0.407 bits per heavy atom. The molecule has 1 nitrogen and oxygen atoms in total. The molecule has 1 unspecified atom stereocenters. The van der Waals surface area contributed by atoms with E-state index in [2.05, 4.69) is 153 Å². The fourth-order valence-corrected chi connectivity index (χ4v) is 10.7. The van der Waals surface area contributed by atoms with Crippen LogP contribution in [0.4, 0.5) is 0 Å². The highest BCUT2D eigenvalue weighted by Crippen LogP contribution is 2.52. The average molecular weight is 709 g/mol. The Kier molecular flexibility index (Phi) is 8.51. The van der Waals surface area contributed by atoms with Gasteiger partial charge in [-0.2, -0.15) is 0 Å². The van der Waals surface area contributed by atoms with Crippen molar-refractivity contribution in [1.29, 1.82) is 0 Å². The lowest BCUT2D eigenvalue weighted by Crippen LogP contribution is -2.17. The van der Waals surface area contributed by atoms with Crippen molar-refractivity contribution in [3.8, 4) is 33.4 Å². The molecule has 0 radical (unpaired) electrons. The second-order valence-electron chi connectivity index (χ2n) is 13.7. The molecule has 0 aliphatic heterocycles. The van der Waals surface area contributed by atoms with Crippen LogP contribution in [0.1, 0.15) is 0 Å². The number of rotatable bonds is 8. The summed E-state index contributed by atoms with van der Waals surface area (Å²) in [7, 11) is -3.18. The van der Waals surface area contributed by atoms with Gasteiger partial charge in [0, 0.05) is 15.9 Å². The second-order valence-corrected chi connectivity index (χ2v) is 16.5. The summed E-state index contributed by atoms with van der Waals surface area (Å²) in [5.41, 5.74) is 6.97. The van der Waals surface area contributed by atoms with E-state index in [0.717, 1.165) is 21.7 Å². The van der Waals surface area contributed by atoms with Crippen LogP contribution in [0.25, 0.3) is 76.5 Å². The van der Waals surface area contributed by atoms with Crippen molar-refractivity contribution in [2.75, 3.05) is 0 Å². The van der Waals surface area contributed by atoms with Crippen LogP contribution in [0, 0.1) is 0 Å². The molecule has 0 aromatic heterocycles. The van der Waals surface area contributed by atoms with Crippen LogP contribution >= 0.6 is 7.14 Å². The van der Waals surface area contributed by atoms with Crippen LogP contribution in [0.2, 0.25) is 0 Å². The predicted octanol–water partition coefficient (Wildman–Crippen LogP) is 13.9. The minimum atomic E-state index is -3.18. The molecule has 0 fully saturated rings. The normalized spacial score (nSPS) is 12.9. The van der Waals surface area contributed by atoms with Gasteiger partial charge in [-0.15, -0.1) is 0 Å². The first-order chi connectivity index (χ1) is 26.6. The summed E-state index contributed by atoms with van der Waals surface area (Å²) in [5, 5.41) is 11.9. The molecule has 9 aromatic carbocycles. The zero-order chi connectivity index (χ0) is 36.6. The van der Waals surface area contributed by atoms with Crippen molar-refractivity contribution in [3.63, 3.8) is 0 Å². The molecule has 0 saturated heterocycles. The Hall–Kier alpha value is -6.53. The fourth-order valence-electron chi connectivity index (χ4n) is 8.04. The van der Waals surface area contributed by atoms with Gasteiger partial charge < -0.3 is 4.57 Å². The van der Waals surface area contributed by atoms with E-state index in [0.29, 0.717) is 5.31 Å². The average Bonchev–Trinajstić information content (AvgIpc) is 3.24. The van der Waals surface area contributed by atoms with E-state index in [4.69, 9.17) is 0 Å². The molecule has 0 spiro atoms. The minimum Gasteiger partial charge on any atom is -0.309 e. The molecule has 0 amide bonds. The highest BCUT2D eigenvalue weighted by molar-refractivity contribution is 7.82. The maximum Gasteiger partial charge on any atom is 0.170 e. The lowest BCUT2D eigenvalue weighted by atomic mass is 9.84. The number of fused-ring (bicyclic) bond motifs is 4. The zero-order valence-electron chi connectivity index (χ0n) is 29.8. The summed E-state index contributed by atoms with van der Waals surface area (Å²) in [6.45, 7) is 7.90. The summed E-state index contributed by atoms with van der Waals surface area (Å²) < 4.78 is 15.0. The van der Waals surface area contributed by atoms with Crippen LogP contribution in [0.3, 0.4) is 0 Å². The third kappa shape index (κ3) is 5.62. The Labute approximate surface area is 316 Å². The smallest absolute Gasteiger partial charge is 0.170 e. The van der Waals surface area contributed by atoms with E-state index in [1.54, 1.807) is 12.2 Å². The van der Waals surface area contributed by atoms with Gasteiger partial charge in [0.25, 0.3) is 0 Å². The topological polar surface area (TPSA) is 17.1 Å². The summed E-state index contributed by atoms with van der Waals surface area (Å²) in [4.78, 5) is 0. The highest BCUT2D eigenvalue weighted by atomic mass is 31.2. The Bertz CT molecular complexity index is 2990. The van der Waals surface area contributed by atoms with E-state index in [-0.39, 0.29) is 0 Å². The summed E-state index contributed by atoms with van der Waals surface area (Å²) in [6.07, 6.45) is 5.18. The van der Waals surface area contributed by atoms with Gasteiger partial charge in [-0.1, -0.05) is 195 Å². The van der Waals surface area contributed by atoms with Gasteiger partial charge in [0.1, 0.15) is 0 Å². The van der Waals surface area contributed by atoms with Crippen molar-refractivity contribution in [3.05, 3.63) is 219 Å². The number of allylic oxidation sites excluding steroid dienone is 4. The van der Waals surface area contributed by atoms with Crippen molar-refractivity contribution in [2.45, 2.75) is 0 Å². The van der Waals surface area contributed by atoms with Crippen LogP contribution < -0.4 is 10.6 Å². The van der Waals surface area contributed by atoms with Crippen LogP contribution in [0.15, 0.2) is 219 Å². The first-order valence-corrected chi connectivity index (χ1v) is 20.0. The van der Waals surface area contributed by atoms with E-state index < -0.39 is 7.14 Å². The fraction of sp³-hybridized carbons (Fsp3) is 0. The van der Waals surface area contributed by atoms with E-state index in [1.807, 2.05) is 48.5 Å². The largest absolute Gasteiger partial charge is 0.309 e. The molecule has 2 heteroatoms. The summed E-state index contributed by atoms with van der Waals surface area (Å²) in [5.74, 6) is 0. The molecule has 9 aromatic rings. The van der Waals surface area contributed by atoms with Crippen molar-refractivity contribution < 1.29 is 4.57 Å². The van der Waals surface area contributed by atoms with Crippen LogP contribution in [0.5, 0.6) is 0 Å². The SMILES string of the molecule is C=C/C=C(\C=C)P(=O)(c1ccccc1)c1ccc(-c2ccc3c(-c4ccc5ccccc5c4)c4ccccc4c(-c4ccc5ccccc5c4)c3c2)cc1. The van der Waals surface area contributed by atoms with Crippen molar-refractivity contribution in [2.24, 2.45) is 0 Å². The maximum absolute atomic E-state index is 15.0. The Balaban J connectivity index is 1.28. The van der Waals surface area contributed by atoms with Gasteiger partial charge in [0.2, 0.25) is 0 Å². The van der Waals surface area contributed by atoms with E-state index in [1.165, 1.54) is 65.3 Å². The maximum atomic E-state index is 15.0. The third-order valence-corrected chi connectivity index (χ3v) is 13.8. The van der Waals surface area contributed by atoms with Gasteiger partial charge in [-0.3, -0.25) is 0 Å². The molecule has 256 valence electrons. The Morgan fingerprint density at radius 2 is 0.870 bits per heavy atom. The molecule has 0 heterocycles. The molecular weight excluding hydrogens is 672 g/mol. The number of hydrogen-bond acceptors (Lipinski definition) is 1. The van der Waals surface area contributed by atoms with Crippen molar-refractivity contribution >= 4 is 60.8 Å². The molecule has 54 heavy (non-hydrogen) atoms. The second kappa shape index (κ2) is 13.8. The lowest BCUT2D eigenvalue weighted by molar-refractivity contribution is 0.591. The summed E-state index contributed by atoms with van der Waals surface area (Å²) >= 11 is 0. The van der Waals surface area contributed by atoms with Gasteiger partial charge in [-0.25, -0.2) is 0 Å². The van der Waals surface area contributed by atoms with Gasteiger partial charge in [-0.05, 0) is 94.7 Å². The first kappa shape index (κ1) is 33.3. The van der Waals surface area contributed by atoms with Gasteiger partial charge >= 0.3 is 0 Å². The molecule has 0 N–H and O–H groups in total. The first-order valence-electron chi connectivity index (χ1n) is 18.3. The van der Waals surface area contributed by atoms with Gasteiger partial charge in [0.05, 0.1) is 0 Å². The zero-order valence-corrected chi connectivity index (χ0v) is 30.7. The highest BCUT2D eigenvalue weighted by Gasteiger charge is 2.30. The monoisotopic (exact) mass is 708 g/mol. The number of benzene rings is 9. The molecular formula is C52H37OP. The Morgan fingerprint density at radius 3 is 1.44 bits per heavy atom. The molecule has 0 saturated carbocycles. The van der Waals surface area contributed by atoms with Gasteiger partial charge in [0.15, 0.2) is 7.14 Å². The minimum absolute atomic E-state index is 0.662. The van der Waals surface area contributed by atoms with E-state index >= 15 is 4.57 Å². The predicted molar refractivity (Wildman–Crippen MR) is 235 cm³/mol. The van der Waals surface area contributed by atoms with Crippen LogP contribution in [-0.2, 0) is 4.57 Å². The quantitative estimate of drug-likeness (QED) is 0.0872. The molecule has 0 bridgehead atoms.